The van der Waals surface area contributed by atoms with Gasteiger partial charge in [-0.2, -0.15) is 0 Å². The van der Waals surface area contributed by atoms with Gasteiger partial charge in [-0.3, -0.25) is 0 Å². The molecule has 17 heavy (non-hydrogen) atoms. The Morgan fingerprint density at radius 1 is 0.765 bits per heavy atom. The number of rotatable bonds is 8. The molecule has 0 saturated carbocycles. The predicted molar refractivity (Wildman–Crippen MR) is 66.4 cm³/mol. The quantitative estimate of drug-likeness (QED) is 0.473. The summed E-state index contributed by atoms with van der Waals surface area (Å²) in [5, 5.41) is 21.0. The first-order valence-electron chi connectivity index (χ1n) is 6.17. The fourth-order valence-electron chi connectivity index (χ4n) is 1.01. The van der Waals surface area contributed by atoms with E-state index in [0.29, 0.717) is 26.1 Å². The third kappa shape index (κ3) is 22.3. The molecular formula is C12H26MgO4. The molecule has 0 spiro atoms. The van der Waals surface area contributed by atoms with Crippen molar-refractivity contribution in [3.8, 4) is 0 Å². The molecule has 0 aliphatic heterocycles. The van der Waals surface area contributed by atoms with Gasteiger partial charge in [0, 0.05) is 13.2 Å². The van der Waals surface area contributed by atoms with Crippen molar-refractivity contribution in [2.24, 2.45) is 0 Å². The van der Waals surface area contributed by atoms with Gasteiger partial charge in [0.1, 0.15) is 0 Å². The van der Waals surface area contributed by atoms with Crippen LogP contribution < -0.4 is 10.2 Å². The van der Waals surface area contributed by atoms with Gasteiger partial charge in [-0.05, 0) is 39.3 Å². The Kier molecular flexibility index (Phi) is 25.4. The van der Waals surface area contributed by atoms with Crippen LogP contribution in [0.15, 0.2) is 0 Å². The molecule has 0 radical (unpaired) electrons. The zero-order valence-electron chi connectivity index (χ0n) is 11.7. The molecule has 2 atom stereocenters. The Morgan fingerprint density at radius 3 is 1.24 bits per heavy atom. The van der Waals surface area contributed by atoms with Crippen LogP contribution in [0.2, 0.25) is 0 Å². The molecule has 0 N–H and O–H groups in total. The van der Waals surface area contributed by atoms with E-state index >= 15 is 0 Å². The molecule has 0 heterocycles. The summed E-state index contributed by atoms with van der Waals surface area (Å²) in [6, 6.07) is 0. The topological polar surface area (TPSA) is 64.6 Å². The monoisotopic (exact) mass is 258 g/mol. The van der Waals surface area contributed by atoms with E-state index in [1.54, 1.807) is 0 Å². The molecule has 100 valence electrons. The van der Waals surface area contributed by atoms with Crippen LogP contribution in [0.5, 0.6) is 0 Å². The average Bonchev–Trinajstić information content (AvgIpc) is 2.20. The zero-order chi connectivity index (χ0) is 12.8. The molecule has 0 bridgehead atoms. The summed E-state index contributed by atoms with van der Waals surface area (Å²) in [5.41, 5.74) is 0. The van der Waals surface area contributed by atoms with E-state index in [9.17, 15) is 10.2 Å². The van der Waals surface area contributed by atoms with Crippen molar-refractivity contribution in [2.75, 3.05) is 13.2 Å². The van der Waals surface area contributed by atoms with Crippen LogP contribution >= 0.6 is 0 Å². The van der Waals surface area contributed by atoms with Gasteiger partial charge in [0.15, 0.2) is 0 Å². The largest absolute Gasteiger partial charge is 2.00 e. The molecule has 0 rings (SSSR count). The van der Waals surface area contributed by atoms with E-state index in [4.69, 9.17) is 9.47 Å². The second-order valence-corrected chi connectivity index (χ2v) is 3.35. The minimum absolute atomic E-state index is 0. The summed E-state index contributed by atoms with van der Waals surface area (Å²) in [4.78, 5) is 0. The summed E-state index contributed by atoms with van der Waals surface area (Å²) in [7, 11) is 0. The third-order valence-corrected chi connectivity index (χ3v) is 1.75. The van der Waals surface area contributed by atoms with Gasteiger partial charge in [0.05, 0.1) is 0 Å². The van der Waals surface area contributed by atoms with Crippen molar-refractivity contribution in [1.29, 1.82) is 0 Å². The van der Waals surface area contributed by atoms with E-state index in [-0.39, 0.29) is 23.1 Å². The van der Waals surface area contributed by atoms with Crippen LogP contribution in [0.3, 0.4) is 0 Å². The Bertz CT molecular complexity index is 99.1. The van der Waals surface area contributed by atoms with Gasteiger partial charge in [-0.1, -0.05) is 26.7 Å². The SMILES string of the molecule is CCCC([O-])OCC.CCCC([O-])OCC.[Mg+2]. The van der Waals surface area contributed by atoms with Crippen LogP contribution in [-0.4, -0.2) is 48.8 Å². The standard InChI is InChI=1S/2C6H13O2.Mg/c2*1-3-5-6(7)8-4-2;/h2*6H,3-5H2,1-2H3;/q2*-1;+2. The third-order valence-electron chi connectivity index (χ3n) is 1.75. The summed E-state index contributed by atoms with van der Waals surface area (Å²) >= 11 is 0. The van der Waals surface area contributed by atoms with Crippen LogP contribution in [-0.2, 0) is 9.47 Å². The normalized spacial score (nSPS) is 13.1. The van der Waals surface area contributed by atoms with Crippen molar-refractivity contribution >= 4 is 23.1 Å². The Morgan fingerprint density at radius 2 is 1.06 bits per heavy atom. The zero-order valence-corrected chi connectivity index (χ0v) is 13.2. The molecular weight excluding hydrogens is 232 g/mol. The van der Waals surface area contributed by atoms with E-state index < -0.39 is 12.6 Å². The van der Waals surface area contributed by atoms with Crippen molar-refractivity contribution < 1.29 is 19.7 Å². The molecule has 0 aromatic carbocycles. The van der Waals surface area contributed by atoms with Crippen molar-refractivity contribution in [2.45, 2.75) is 66.0 Å². The molecule has 0 fully saturated rings. The number of hydrogen-bond donors (Lipinski definition) is 0. The van der Waals surface area contributed by atoms with Gasteiger partial charge < -0.3 is 19.7 Å². The summed E-state index contributed by atoms with van der Waals surface area (Å²) in [6.07, 6.45) is 1.51. The number of hydrogen-bond acceptors (Lipinski definition) is 4. The van der Waals surface area contributed by atoms with Gasteiger partial charge in [-0.15, -0.1) is 0 Å². The molecule has 5 heteroatoms. The van der Waals surface area contributed by atoms with Crippen molar-refractivity contribution in [3.05, 3.63) is 0 Å². The molecule has 0 aromatic rings. The first kappa shape index (κ1) is 22.8. The minimum atomic E-state index is -0.787. The predicted octanol–water partition coefficient (Wildman–Crippen LogP) is 0.638. The minimum Gasteiger partial charge on any atom is -0.831 e. The summed E-state index contributed by atoms with van der Waals surface area (Å²) in [6.45, 7) is 8.69. The van der Waals surface area contributed by atoms with E-state index in [2.05, 4.69) is 0 Å². The first-order chi connectivity index (χ1) is 7.62. The Balaban J connectivity index is -0.000000218. The first-order valence-corrected chi connectivity index (χ1v) is 6.17. The maximum atomic E-state index is 10.5. The van der Waals surface area contributed by atoms with Gasteiger partial charge >= 0.3 is 23.1 Å². The second kappa shape index (κ2) is 19.0. The summed E-state index contributed by atoms with van der Waals surface area (Å²) in [5.74, 6) is 0. The maximum absolute atomic E-state index is 10.5. The molecule has 0 aliphatic carbocycles. The smallest absolute Gasteiger partial charge is 0.831 e. The second-order valence-electron chi connectivity index (χ2n) is 3.35. The number of ether oxygens (including phenoxy) is 2. The van der Waals surface area contributed by atoms with Crippen LogP contribution in [0.1, 0.15) is 53.4 Å². The van der Waals surface area contributed by atoms with E-state index in [1.165, 1.54) is 0 Å². The van der Waals surface area contributed by atoms with Gasteiger partial charge in [-0.25, -0.2) is 0 Å². The molecule has 4 nitrogen and oxygen atoms in total. The van der Waals surface area contributed by atoms with Crippen LogP contribution in [0, 0.1) is 0 Å². The molecule has 2 unspecified atom stereocenters. The van der Waals surface area contributed by atoms with Crippen molar-refractivity contribution in [3.63, 3.8) is 0 Å². The fraction of sp³-hybridized carbons (Fsp3) is 1.00. The molecule has 0 saturated heterocycles. The van der Waals surface area contributed by atoms with E-state index in [0.717, 1.165) is 12.8 Å². The van der Waals surface area contributed by atoms with Crippen LogP contribution in [0.4, 0.5) is 0 Å². The molecule has 0 aromatic heterocycles. The van der Waals surface area contributed by atoms with Crippen molar-refractivity contribution in [1.82, 2.24) is 0 Å². The maximum Gasteiger partial charge on any atom is 2.00 e. The van der Waals surface area contributed by atoms with Crippen LogP contribution in [0.25, 0.3) is 0 Å². The molecule has 0 aliphatic rings. The van der Waals surface area contributed by atoms with E-state index in [1.807, 2.05) is 27.7 Å². The van der Waals surface area contributed by atoms with Gasteiger partial charge in [0.2, 0.25) is 0 Å². The summed E-state index contributed by atoms with van der Waals surface area (Å²) < 4.78 is 9.45. The Hall–Kier alpha value is 0.606. The van der Waals surface area contributed by atoms with Gasteiger partial charge in [0.25, 0.3) is 0 Å². The average molecular weight is 259 g/mol. The Labute approximate surface area is 122 Å². The molecule has 0 amide bonds. The fourth-order valence-corrected chi connectivity index (χ4v) is 1.01.